The lowest BCUT2D eigenvalue weighted by molar-refractivity contribution is -0.137. The SMILES string of the molecule is O=C(Nc1ccccc1C(F)F)c1c(Br)cccc1C(F)(F)F. The van der Waals surface area contributed by atoms with E-state index in [9.17, 15) is 26.7 Å². The van der Waals surface area contributed by atoms with E-state index in [-0.39, 0.29) is 10.2 Å². The van der Waals surface area contributed by atoms with Crippen LogP contribution in [0.15, 0.2) is 46.9 Å². The first-order valence-corrected chi connectivity index (χ1v) is 7.05. The van der Waals surface area contributed by atoms with Crippen molar-refractivity contribution in [2.75, 3.05) is 5.32 Å². The number of nitrogens with one attached hydrogen (secondary N) is 1. The van der Waals surface area contributed by atoms with E-state index in [0.29, 0.717) is 0 Å². The maximum atomic E-state index is 13.0. The van der Waals surface area contributed by atoms with Gasteiger partial charge in [0.1, 0.15) is 0 Å². The smallest absolute Gasteiger partial charge is 0.321 e. The summed E-state index contributed by atoms with van der Waals surface area (Å²) in [4.78, 5) is 12.2. The van der Waals surface area contributed by atoms with E-state index in [2.05, 4.69) is 21.2 Å². The van der Waals surface area contributed by atoms with Crippen molar-refractivity contribution in [3.05, 3.63) is 63.6 Å². The number of para-hydroxylation sites is 1. The molecule has 2 nitrogen and oxygen atoms in total. The molecule has 0 spiro atoms. The van der Waals surface area contributed by atoms with E-state index >= 15 is 0 Å². The summed E-state index contributed by atoms with van der Waals surface area (Å²) in [6.45, 7) is 0. The Kier molecular flexibility index (Phi) is 5.03. The number of rotatable bonds is 3. The summed E-state index contributed by atoms with van der Waals surface area (Å²) in [6, 6.07) is 8.18. The van der Waals surface area contributed by atoms with Gasteiger partial charge in [0.05, 0.1) is 11.1 Å². The fourth-order valence-corrected chi connectivity index (χ4v) is 2.52. The van der Waals surface area contributed by atoms with Gasteiger partial charge in [-0.1, -0.05) is 24.3 Å². The van der Waals surface area contributed by atoms with E-state index in [1.165, 1.54) is 24.3 Å². The van der Waals surface area contributed by atoms with Crippen molar-refractivity contribution in [3.63, 3.8) is 0 Å². The number of alkyl halides is 5. The molecule has 2 aromatic rings. The van der Waals surface area contributed by atoms with Gasteiger partial charge in [-0.25, -0.2) is 8.78 Å². The highest BCUT2D eigenvalue weighted by Crippen LogP contribution is 2.36. The predicted molar refractivity (Wildman–Crippen MR) is 78.5 cm³/mol. The van der Waals surface area contributed by atoms with Gasteiger partial charge in [-0.3, -0.25) is 4.79 Å². The first-order valence-electron chi connectivity index (χ1n) is 6.26. The maximum absolute atomic E-state index is 13.0. The van der Waals surface area contributed by atoms with Crippen LogP contribution in [0.2, 0.25) is 0 Å². The lowest BCUT2D eigenvalue weighted by atomic mass is 10.1. The van der Waals surface area contributed by atoms with Crippen LogP contribution < -0.4 is 5.32 Å². The summed E-state index contributed by atoms with van der Waals surface area (Å²) in [5.41, 5.74) is -2.53. The Morgan fingerprint density at radius 1 is 1.04 bits per heavy atom. The van der Waals surface area contributed by atoms with Crippen molar-refractivity contribution in [1.82, 2.24) is 0 Å². The molecule has 8 heteroatoms. The van der Waals surface area contributed by atoms with Gasteiger partial charge in [-0.2, -0.15) is 13.2 Å². The predicted octanol–water partition coefficient (Wildman–Crippen LogP) is 5.66. The highest BCUT2D eigenvalue weighted by molar-refractivity contribution is 9.10. The average molecular weight is 394 g/mol. The number of halogens is 6. The topological polar surface area (TPSA) is 29.1 Å². The quantitative estimate of drug-likeness (QED) is 0.669. The minimum Gasteiger partial charge on any atom is -0.321 e. The standard InChI is InChI=1S/C15H9BrF5NO/c16-10-6-3-5-9(15(19,20)21)12(10)14(23)22-11-7-2-1-4-8(11)13(17)18/h1-7,13H,(H,22,23). The lowest BCUT2D eigenvalue weighted by Gasteiger charge is -2.15. The first-order chi connectivity index (χ1) is 10.7. The summed E-state index contributed by atoms with van der Waals surface area (Å²) in [6.07, 6.45) is -7.62. The van der Waals surface area contributed by atoms with Crippen LogP contribution in [0.4, 0.5) is 27.6 Å². The molecule has 1 N–H and O–H groups in total. The van der Waals surface area contributed by atoms with E-state index in [4.69, 9.17) is 0 Å². The zero-order chi connectivity index (χ0) is 17.2. The molecule has 0 saturated heterocycles. The molecule has 0 aliphatic heterocycles. The van der Waals surface area contributed by atoms with Crippen LogP contribution in [0.5, 0.6) is 0 Å². The molecule has 122 valence electrons. The van der Waals surface area contributed by atoms with E-state index in [0.717, 1.165) is 18.2 Å². The Balaban J connectivity index is 2.44. The fourth-order valence-electron chi connectivity index (χ4n) is 1.98. The summed E-state index contributed by atoms with van der Waals surface area (Å²) < 4.78 is 64.7. The molecule has 23 heavy (non-hydrogen) atoms. The van der Waals surface area contributed by atoms with Crippen molar-refractivity contribution in [3.8, 4) is 0 Å². The molecule has 0 aliphatic rings. The van der Waals surface area contributed by atoms with E-state index < -0.39 is 35.2 Å². The van der Waals surface area contributed by atoms with Gasteiger partial charge in [-0.15, -0.1) is 0 Å². The minimum atomic E-state index is -4.75. The molecule has 0 saturated carbocycles. The molecule has 0 bridgehead atoms. The van der Waals surface area contributed by atoms with Crippen LogP contribution in [-0.2, 0) is 6.18 Å². The third-order valence-corrected chi connectivity index (χ3v) is 3.65. The highest BCUT2D eigenvalue weighted by Gasteiger charge is 2.36. The molecule has 0 unspecified atom stereocenters. The lowest BCUT2D eigenvalue weighted by Crippen LogP contribution is -2.20. The van der Waals surface area contributed by atoms with Crippen molar-refractivity contribution >= 4 is 27.5 Å². The van der Waals surface area contributed by atoms with Crippen molar-refractivity contribution in [2.45, 2.75) is 12.6 Å². The third-order valence-electron chi connectivity index (χ3n) is 2.99. The Labute approximate surface area is 136 Å². The monoisotopic (exact) mass is 393 g/mol. The minimum absolute atomic E-state index is 0.0839. The molecule has 0 aromatic heterocycles. The van der Waals surface area contributed by atoms with Gasteiger partial charge in [0.2, 0.25) is 0 Å². The molecule has 0 radical (unpaired) electrons. The second-order valence-electron chi connectivity index (χ2n) is 4.50. The summed E-state index contributed by atoms with van der Waals surface area (Å²) in [7, 11) is 0. The van der Waals surface area contributed by atoms with Gasteiger partial charge >= 0.3 is 6.18 Å². The Morgan fingerprint density at radius 3 is 2.30 bits per heavy atom. The fraction of sp³-hybridized carbons (Fsp3) is 0.133. The largest absolute Gasteiger partial charge is 0.417 e. The van der Waals surface area contributed by atoms with Crippen LogP contribution in [0.25, 0.3) is 0 Å². The van der Waals surface area contributed by atoms with Crippen molar-refractivity contribution < 1.29 is 26.7 Å². The van der Waals surface area contributed by atoms with Crippen molar-refractivity contribution in [1.29, 1.82) is 0 Å². The number of carbonyl (C=O) groups excluding carboxylic acids is 1. The van der Waals surface area contributed by atoms with Gasteiger partial charge in [0.25, 0.3) is 12.3 Å². The molecule has 2 rings (SSSR count). The average Bonchev–Trinajstić information content (AvgIpc) is 2.46. The highest BCUT2D eigenvalue weighted by atomic mass is 79.9. The summed E-state index contributed by atoms with van der Waals surface area (Å²) in [5.74, 6) is -1.13. The molecule has 0 atom stereocenters. The number of carbonyl (C=O) groups is 1. The summed E-state index contributed by atoms with van der Waals surface area (Å²) in [5, 5.41) is 2.11. The zero-order valence-electron chi connectivity index (χ0n) is 11.3. The summed E-state index contributed by atoms with van der Waals surface area (Å²) >= 11 is 2.89. The van der Waals surface area contributed by atoms with Crippen LogP contribution in [0.3, 0.4) is 0 Å². The van der Waals surface area contributed by atoms with Crippen LogP contribution >= 0.6 is 15.9 Å². The second-order valence-corrected chi connectivity index (χ2v) is 5.36. The zero-order valence-corrected chi connectivity index (χ0v) is 12.9. The maximum Gasteiger partial charge on any atom is 0.417 e. The van der Waals surface area contributed by atoms with Crippen LogP contribution in [0.1, 0.15) is 27.9 Å². The van der Waals surface area contributed by atoms with Crippen molar-refractivity contribution in [2.24, 2.45) is 0 Å². The molecule has 0 heterocycles. The normalized spacial score (nSPS) is 11.6. The van der Waals surface area contributed by atoms with Crippen LogP contribution in [0, 0.1) is 0 Å². The molecule has 2 aromatic carbocycles. The number of anilines is 1. The molecule has 0 fully saturated rings. The van der Waals surface area contributed by atoms with Crippen LogP contribution in [-0.4, -0.2) is 5.91 Å². The van der Waals surface area contributed by atoms with E-state index in [1.807, 2.05) is 0 Å². The molecular formula is C15H9BrF5NO. The Hall–Kier alpha value is -1.96. The molecule has 1 amide bonds. The number of hydrogen-bond donors (Lipinski definition) is 1. The van der Waals surface area contributed by atoms with Gasteiger partial charge in [0, 0.05) is 15.7 Å². The first kappa shape index (κ1) is 17.4. The number of benzene rings is 2. The Bertz CT molecular complexity index is 730. The Morgan fingerprint density at radius 2 is 1.70 bits per heavy atom. The van der Waals surface area contributed by atoms with Gasteiger partial charge < -0.3 is 5.32 Å². The van der Waals surface area contributed by atoms with E-state index in [1.54, 1.807) is 0 Å². The molecular weight excluding hydrogens is 385 g/mol. The second kappa shape index (κ2) is 6.66. The number of amides is 1. The van der Waals surface area contributed by atoms with Gasteiger partial charge in [0.15, 0.2) is 0 Å². The number of hydrogen-bond acceptors (Lipinski definition) is 1. The molecule has 0 aliphatic carbocycles. The van der Waals surface area contributed by atoms with Gasteiger partial charge in [-0.05, 0) is 34.1 Å². The third kappa shape index (κ3) is 3.87.